The molecule has 7 rings (SSSR count). The van der Waals surface area contributed by atoms with Crippen LogP contribution in [0.1, 0.15) is 18.1 Å². The zero-order valence-corrected chi connectivity index (χ0v) is 19.0. The Morgan fingerprint density at radius 2 is 1.41 bits per heavy atom. The number of carbonyl (C=O) groups is 3. The van der Waals surface area contributed by atoms with E-state index >= 15 is 0 Å². The lowest BCUT2D eigenvalue weighted by molar-refractivity contribution is -0.144. The number of aliphatic imine (C=N–C) groups is 1. The first-order chi connectivity index (χ1) is 16.5. The number of anilines is 1. The monoisotopic (exact) mass is 465 g/mol. The summed E-state index contributed by atoms with van der Waals surface area (Å²) in [6.45, 7) is 1.81. The van der Waals surface area contributed by atoms with Crippen LogP contribution in [0.2, 0.25) is 0 Å². The summed E-state index contributed by atoms with van der Waals surface area (Å²) in [6.07, 6.45) is 0. The Morgan fingerprint density at radius 3 is 2.15 bits per heavy atom. The summed E-state index contributed by atoms with van der Waals surface area (Å²) in [5.41, 5.74) is 2.82. The van der Waals surface area contributed by atoms with Crippen molar-refractivity contribution in [1.29, 1.82) is 0 Å². The molecule has 4 aliphatic heterocycles. The zero-order chi connectivity index (χ0) is 23.2. The number of piperidine rings is 1. The molecule has 4 atom stereocenters. The first kappa shape index (κ1) is 19.7. The van der Waals surface area contributed by atoms with Crippen LogP contribution in [0, 0.1) is 11.8 Å². The van der Waals surface area contributed by atoms with E-state index in [1.54, 1.807) is 24.0 Å². The standard InChI is InChI=1S/C27H19N3O3S/c1-16-28-20-15-9-8-14-19(20)27-22-21(23(31)29(24(22)32)18-12-6-3-7-13-18)26(34-27,25(33)30(16)27)17-10-4-2-5-11-17/h2-15,21-22H,1H3. The highest BCUT2D eigenvalue weighted by Crippen LogP contribution is 2.76. The highest BCUT2D eigenvalue weighted by Gasteiger charge is 2.83. The molecule has 4 heterocycles. The second-order valence-electron chi connectivity index (χ2n) is 9.02. The van der Waals surface area contributed by atoms with Gasteiger partial charge in [-0.1, -0.05) is 66.7 Å². The molecule has 0 aliphatic carbocycles. The van der Waals surface area contributed by atoms with E-state index in [2.05, 4.69) is 0 Å². The molecule has 3 aromatic rings. The smallest absolute Gasteiger partial charge is 0.251 e. The van der Waals surface area contributed by atoms with Crippen molar-refractivity contribution in [3.05, 3.63) is 96.1 Å². The van der Waals surface area contributed by atoms with Gasteiger partial charge in [-0.3, -0.25) is 19.3 Å². The molecule has 3 fully saturated rings. The fraction of sp³-hybridized carbons (Fsp3) is 0.185. The van der Waals surface area contributed by atoms with Gasteiger partial charge in [0.1, 0.15) is 15.5 Å². The van der Waals surface area contributed by atoms with Gasteiger partial charge in [-0.2, -0.15) is 0 Å². The Balaban J connectivity index is 1.55. The van der Waals surface area contributed by atoms with Crippen LogP contribution in [0.15, 0.2) is 89.9 Å². The number of benzene rings is 3. The summed E-state index contributed by atoms with van der Waals surface area (Å²) in [7, 11) is 0. The maximum Gasteiger partial charge on any atom is 0.251 e. The number of hydrogen-bond acceptors (Lipinski definition) is 5. The van der Waals surface area contributed by atoms with Crippen LogP contribution in [0.3, 0.4) is 0 Å². The fourth-order valence-electron chi connectivity index (χ4n) is 6.23. The van der Waals surface area contributed by atoms with Gasteiger partial charge in [-0.15, -0.1) is 11.8 Å². The van der Waals surface area contributed by atoms with Crippen molar-refractivity contribution >= 4 is 46.7 Å². The first-order valence-electron chi connectivity index (χ1n) is 11.2. The van der Waals surface area contributed by atoms with Gasteiger partial charge >= 0.3 is 0 Å². The van der Waals surface area contributed by atoms with Gasteiger partial charge in [0, 0.05) is 5.56 Å². The van der Waals surface area contributed by atoms with Crippen LogP contribution < -0.4 is 4.90 Å². The Morgan fingerprint density at radius 1 is 0.794 bits per heavy atom. The predicted octanol–water partition coefficient (Wildman–Crippen LogP) is 4.19. The summed E-state index contributed by atoms with van der Waals surface area (Å²) >= 11 is 1.44. The maximum absolute atomic E-state index is 14.3. The third kappa shape index (κ3) is 2.05. The molecule has 34 heavy (non-hydrogen) atoms. The highest BCUT2D eigenvalue weighted by molar-refractivity contribution is 8.02. The molecular formula is C27H19N3O3S. The zero-order valence-electron chi connectivity index (χ0n) is 18.2. The average molecular weight is 466 g/mol. The Labute approximate surface area is 200 Å². The lowest BCUT2D eigenvalue weighted by Gasteiger charge is -2.45. The number of rotatable bonds is 2. The minimum atomic E-state index is -1.21. The summed E-state index contributed by atoms with van der Waals surface area (Å²) < 4.78 is -1.21. The molecule has 0 aromatic heterocycles. The summed E-state index contributed by atoms with van der Waals surface area (Å²) in [5.74, 6) is -1.76. The molecule has 0 saturated carbocycles. The second kappa shape index (κ2) is 6.45. The van der Waals surface area contributed by atoms with Gasteiger partial charge < -0.3 is 0 Å². The van der Waals surface area contributed by atoms with Crippen LogP contribution in [0.4, 0.5) is 11.4 Å². The van der Waals surface area contributed by atoms with Gasteiger partial charge in [0.05, 0.1) is 23.2 Å². The minimum Gasteiger partial charge on any atom is -0.278 e. The van der Waals surface area contributed by atoms with Crippen molar-refractivity contribution < 1.29 is 14.4 Å². The largest absolute Gasteiger partial charge is 0.278 e. The number of thioether (sulfide) groups is 1. The normalized spacial score (nSPS) is 30.9. The van der Waals surface area contributed by atoms with Crippen molar-refractivity contribution in [2.45, 2.75) is 16.5 Å². The van der Waals surface area contributed by atoms with Gasteiger partial charge in [0.25, 0.3) is 5.91 Å². The lowest BCUT2D eigenvalue weighted by Crippen LogP contribution is -2.60. The predicted molar refractivity (Wildman–Crippen MR) is 129 cm³/mol. The number of hydrogen-bond donors (Lipinski definition) is 0. The van der Waals surface area contributed by atoms with E-state index < -0.39 is 21.5 Å². The van der Waals surface area contributed by atoms with Crippen molar-refractivity contribution in [1.82, 2.24) is 4.90 Å². The van der Waals surface area contributed by atoms with E-state index in [1.807, 2.05) is 72.8 Å². The van der Waals surface area contributed by atoms with E-state index in [-0.39, 0.29) is 17.7 Å². The van der Waals surface area contributed by atoms with Gasteiger partial charge in [-0.25, -0.2) is 9.89 Å². The second-order valence-corrected chi connectivity index (χ2v) is 10.5. The number of fused-ring (bicyclic) bond motifs is 4. The topological polar surface area (TPSA) is 70.1 Å². The number of carbonyl (C=O) groups excluding carboxylic acids is 3. The van der Waals surface area contributed by atoms with E-state index in [0.29, 0.717) is 11.5 Å². The SMILES string of the molecule is CC1=Nc2ccccc2C23SC(c4ccccc4)(C(=O)N12)C1C(=O)N(c2ccccc2)C(=O)C13. The Kier molecular flexibility index (Phi) is 3.74. The van der Waals surface area contributed by atoms with Crippen LogP contribution in [0.25, 0.3) is 0 Å². The molecular weight excluding hydrogens is 446 g/mol. The molecule has 4 unspecified atom stereocenters. The van der Waals surface area contributed by atoms with Crippen molar-refractivity contribution in [2.75, 3.05) is 4.90 Å². The highest BCUT2D eigenvalue weighted by atomic mass is 32.2. The van der Waals surface area contributed by atoms with Crippen molar-refractivity contribution in [3.63, 3.8) is 0 Å². The third-order valence-electron chi connectivity index (χ3n) is 7.45. The van der Waals surface area contributed by atoms with E-state index in [4.69, 9.17) is 4.99 Å². The van der Waals surface area contributed by atoms with Crippen LogP contribution in [-0.4, -0.2) is 28.5 Å². The molecule has 4 aliphatic rings. The molecule has 3 amide bonds. The molecule has 166 valence electrons. The van der Waals surface area contributed by atoms with Crippen LogP contribution in [0.5, 0.6) is 0 Å². The first-order valence-corrected chi connectivity index (χ1v) is 12.0. The molecule has 2 bridgehead atoms. The maximum atomic E-state index is 14.3. The molecule has 3 aromatic carbocycles. The van der Waals surface area contributed by atoms with E-state index in [0.717, 1.165) is 16.8 Å². The van der Waals surface area contributed by atoms with E-state index in [9.17, 15) is 14.4 Å². The Bertz CT molecular complexity index is 1440. The number of nitrogens with zero attached hydrogens (tertiary/aromatic N) is 3. The van der Waals surface area contributed by atoms with Crippen LogP contribution >= 0.6 is 11.8 Å². The van der Waals surface area contributed by atoms with E-state index in [1.165, 1.54) is 16.7 Å². The fourth-order valence-corrected chi connectivity index (χ4v) is 8.47. The summed E-state index contributed by atoms with van der Waals surface area (Å²) in [4.78, 5) is 49.2. The lowest BCUT2D eigenvalue weighted by atomic mass is 9.69. The number of amides is 3. The number of amidine groups is 1. The number of para-hydroxylation sites is 2. The Hall–Kier alpha value is -3.71. The molecule has 0 N–H and O–H groups in total. The summed E-state index contributed by atoms with van der Waals surface area (Å²) in [6, 6.07) is 26.1. The molecule has 1 spiro atoms. The molecule has 3 saturated heterocycles. The summed E-state index contributed by atoms with van der Waals surface area (Å²) in [5, 5.41) is 0. The third-order valence-corrected chi connectivity index (χ3v) is 9.40. The van der Waals surface area contributed by atoms with Crippen molar-refractivity contribution in [2.24, 2.45) is 16.8 Å². The quantitative estimate of drug-likeness (QED) is 0.532. The molecule has 0 radical (unpaired) electrons. The van der Waals surface area contributed by atoms with Gasteiger partial charge in [0.15, 0.2) is 0 Å². The van der Waals surface area contributed by atoms with Gasteiger partial charge in [-0.05, 0) is 30.7 Å². The van der Waals surface area contributed by atoms with Gasteiger partial charge in [0.2, 0.25) is 11.8 Å². The molecule has 7 heteroatoms. The van der Waals surface area contributed by atoms with Crippen LogP contribution in [-0.2, 0) is 24.0 Å². The van der Waals surface area contributed by atoms with Crippen molar-refractivity contribution in [3.8, 4) is 0 Å². The number of imide groups is 1. The molecule has 6 nitrogen and oxygen atoms in total. The average Bonchev–Trinajstić information content (AvgIpc) is 3.43. The minimum absolute atomic E-state index is 0.184.